The fraction of sp³-hybridized carbons (Fsp3) is 0.421. The van der Waals surface area contributed by atoms with Gasteiger partial charge in [-0.05, 0) is 38.0 Å². The number of nitrogens with one attached hydrogen (secondary N) is 1. The van der Waals surface area contributed by atoms with Gasteiger partial charge in [-0.25, -0.2) is 9.97 Å². The van der Waals surface area contributed by atoms with E-state index in [-0.39, 0.29) is 11.8 Å². The number of aryl methyl sites for hydroxylation is 1. The molecule has 1 N–H and O–H groups in total. The van der Waals surface area contributed by atoms with Crippen molar-refractivity contribution < 1.29 is 14.3 Å². The zero-order chi connectivity index (χ0) is 18.5. The zero-order valence-electron chi connectivity index (χ0n) is 15.4. The van der Waals surface area contributed by atoms with E-state index in [2.05, 4.69) is 20.2 Å². The van der Waals surface area contributed by atoms with Crippen molar-refractivity contribution in [3.05, 3.63) is 36.2 Å². The van der Waals surface area contributed by atoms with Gasteiger partial charge in [0.15, 0.2) is 0 Å². The Kier molecular flexibility index (Phi) is 5.55. The molecule has 0 unspecified atom stereocenters. The van der Waals surface area contributed by atoms with Gasteiger partial charge in [0.05, 0.1) is 25.8 Å². The summed E-state index contributed by atoms with van der Waals surface area (Å²) in [6.07, 6.45) is 3.51. The molecule has 0 aliphatic carbocycles. The Morgan fingerprint density at radius 1 is 1.27 bits per heavy atom. The van der Waals surface area contributed by atoms with Crippen LogP contribution in [-0.4, -0.2) is 43.2 Å². The molecule has 138 valence electrons. The lowest BCUT2D eigenvalue weighted by atomic mass is 9.97. The monoisotopic (exact) mass is 356 g/mol. The van der Waals surface area contributed by atoms with Gasteiger partial charge in [0.1, 0.15) is 11.5 Å². The normalized spacial score (nSPS) is 16.9. The number of nitrogens with zero attached hydrogens (tertiary/aromatic N) is 3. The van der Waals surface area contributed by atoms with Gasteiger partial charge in [-0.1, -0.05) is 0 Å². The average molecular weight is 356 g/mol. The smallest absolute Gasteiger partial charge is 0.229 e. The molecular weight excluding hydrogens is 332 g/mol. The van der Waals surface area contributed by atoms with Crippen LogP contribution in [-0.2, 0) is 4.79 Å². The number of amides is 1. The number of hydrogen-bond donors (Lipinski definition) is 1. The number of carbonyl (C=O) groups is 1. The van der Waals surface area contributed by atoms with Crippen molar-refractivity contribution in [3.8, 4) is 11.5 Å². The number of hydrogen-bond acceptors (Lipinski definition) is 6. The Morgan fingerprint density at radius 2 is 2.12 bits per heavy atom. The summed E-state index contributed by atoms with van der Waals surface area (Å²) < 4.78 is 10.6. The molecule has 2 heterocycles. The average Bonchev–Trinajstić information content (AvgIpc) is 2.68. The van der Waals surface area contributed by atoms with E-state index in [1.165, 1.54) is 0 Å². The lowest BCUT2D eigenvalue weighted by Gasteiger charge is -2.32. The van der Waals surface area contributed by atoms with Crippen LogP contribution >= 0.6 is 0 Å². The van der Waals surface area contributed by atoms with E-state index in [1.54, 1.807) is 38.6 Å². The highest BCUT2D eigenvalue weighted by Gasteiger charge is 2.27. The topological polar surface area (TPSA) is 76.6 Å². The van der Waals surface area contributed by atoms with Crippen LogP contribution in [0, 0.1) is 12.8 Å². The molecule has 0 spiro atoms. The van der Waals surface area contributed by atoms with E-state index in [0.717, 1.165) is 25.1 Å². The molecule has 26 heavy (non-hydrogen) atoms. The fourth-order valence-electron chi connectivity index (χ4n) is 3.11. The largest absolute Gasteiger partial charge is 0.497 e. The summed E-state index contributed by atoms with van der Waals surface area (Å²) >= 11 is 0. The summed E-state index contributed by atoms with van der Waals surface area (Å²) in [6.45, 7) is 3.39. The van der Waals surface area contributed by atoms with Gasteiger partial charge in [0.2, 0.25) is 11.9 Å². The summed E-state index contributed by atoms with van der Waals surface area (Å²) in [4.78, 5) is 23.7. The van der Waals surface area contributed by atoms with Crippen LogP contribution in [0.25, 0.3) is 0 Å². The lowest BCUT2D eigenvalue weighted by molar-refractivity contribution is -0.120. The van der Waals surface area contributed by atoms with Gasteiger partial charge < -0.3 is 19.7 Å². The minimum absolute atomic E-state index is 0.0334. The minimum atomic E-state index is -0.135. The van der Waals surface area contributed by atoms with E-state index in [4.69, 9.17) is 9.47 Å². The molecule has 1 amide bonds. The zero-order valence-corrected chi connectivity index (χ0v) is 15.4. The third-order valence-corrected chi connectivity index (χ3v) is 4.52. The molecule has 1 aliphatic heterocycles. The minimum Gasteiger partial charge on any atom is -0.497 e. The second kappa shape index (κ2) is 8.03. The standard InChI is InChI=1S/C19H24N4O3/c1-13-8-9-20-19(21-13)23-10-4-5-14(12-23)18(24)22-16-11-15(25-2)6-7-17(16)26-3/h6-9,11,14H,4-5,10,12H2,1-3H3,(H,22,24)/t14-/m0/s1. The van der Waals surface area contributed by atoms with Crippen LogP contribution in [0.2, 0.25) is 0 Å². The quantitative estimate of drug-likeness (QED) is 0.888. The molecule has 0 bridgehead atoms. The molecule has 0 radical (unpaired) electrons. The Balaban J connectivity index is 1.72. The number of piperidine rings is 1. The lowest BCUT2D eigenvalue weighted by Crippen LogP contribution is -2.41. The first-order chi connectivity index (χ1) is 12.6. The molecule has 3 rings (SSSR count). The second-order valence-electron chi connectivity index (χ2n) is 6.34. The third kappa shape index (κ3) is 4.04. The molecule has 0 saturated carbocycles. The van der Waals surface area contributed by atoms with Crippen molar-refractivity contribution in [2.24, 2.45) is 5.92 Å². The third-order valence-electron chi connectivity index (χ3n) is 4.52. The first-order valence-electron chi connectivity index (χ1n) is 8.68. The Morgan fingerprint density at radius 3 is 2.85 bits per heavy atom. The van der Waals surface area contributed by atoms with Crippen LogP contribution < -0.4 is 19.7 Å². The first kappa shape index (κ1) is 18.0. The number of anilines is 2. The Bertz CT molecular complexity index is 781. The van der Waals surface area contributed by atoms with Crippen molar-refractivity contribution in [1.29, 1.82) is 0 Å². The highest BCUT2D eigenvalue weighted by molar-refractivity contribution is 5.94. The molecule has 7 heteroatoms. The van der Waals surface area contributed by atoms with Crippen LogP contribution in [0.15, 0.2) is 30.5 Å². The molecule has 1 aromatic carbocycles. The van der Waals surface area contributed by atoms with Crippen LogP contribution in [0.3, 0.4) is 0 Å². The van der Waals surface area contributed by atoms with Crippen LogP contribution in [0.4, 0.5) is 11.6 Å². The Hall–Kier alpha value is -2.83. The number of aromatic nitrogens is 2. The van der Waals surface area contributed by atoms with Crippen molar-refractivity contribution in [3.63, 3.8) is 0 Å². The van der Waals surface area contributed by atoms with Crippen LogP contribution in [0.5, 0.6) is 11.5 Å². The van der Waals surface area contributed by atoms with E-state index in [9.17, 15) is 4.79 Å². The number of rotatable bonds is 5. The molecule has 1 aliphatic rings. The maximum Gasteiger partial charge on any atom is 0.229 e. The number of carbonyl (C=O) groups excluding carboxylic acids is 1. The molecule has 1 fully saturated rings. The van der Waals surface area contributed by atoms with Crippen molar-refractivity contribution >= 4 is 17.5 Å². The summed E-state index contributed by atoms with van der Waals surface area (Å²) in [6, 6.07) is 7.21. The van der Waals surface area contributed by atoms with Crippen molar-refractivity contribution in [2.75, 3.05) is 37.5 Å². The van der Waals surface area contributed by atoms with Gasteiger partial charge in [-0.2, -0.15) is 0 Å². The van der Waals surface area contributed by atoms with Gasteiger partial charge in [-0.3, -0.25) is 4.79 Å². The van der Waals surface area contributed by atoms with E-state index in [0.29, 0.717) is 29.7 Å². The summed E-state index contributed by atoms with van der Waals surface area (Å²) in [5, 5.41) is 2.98. The fourth-order valence-corrected chi connectivity index (χ4v) is 3.11. The highest BCUT2D eigenvalue weighted by Crippen LogP contribution is 2.30. The number of ether oxygens (including phenoxy) is 2. The molecule has 1 aromatic heterocycles. The highest BCUT2D eigenvalue weighted by atomic mass is 16.5. The summed E-state index contributed by atoms with van der Waals surface area (Å²) in [5.74, 6) is 1.78. The van der Waals surface area contributed by atoms with Gasteiger partial charge in [0.25, 0.3) is 0 Å². The van der Waals surface area contributed by atoms with Gasteiger partial charge in [-0.15, -0.1) is 0 Å². The van der Waals surface area contributed by atoms with Gasteiger partial charge >= 0.3 is 0 Å². The number of methoxy groups -OCH3 is 2. The van der Waals surface area contributed by atoms with Crippen molar-refractivity contribution in [2.45, 2.75) is 19.8 Å². The first-order valence-corrected chi connectivity index (χ1v) is 8.68. The van der Waals surface area contributed by atoms with E-state index >= 15 is 0 Å². The second-order valence-corrected chi connectivity index (χ2v) is 6.34. The molecular formula is C19H24N4O3. The summed E-state index contributed by atoms with van der Waals surface area (Å²) in [7, 11) is 3.17. The molecule has 7 nitrogen and oxygen atoms in total. The Labute approximate surface area is 153 Å². The predicted molar refractivity (Wildman–Crippen MR) is 99.9 cm³/mol. The van der Waals surface area contributed by atoms with Crippen LogP contribution in [0.1, 0.15) is 18.5 Å². The molecule has 2 aromatic rings. The van der Waals surface area contributed by atoms with E-state index < -0.39 is 0 Å². The number of benzene rings is 1. The van der Waals surface area contributed by atoms with E-state index in [1.807, 2.05) is 13.0 Å². The van der Waals surface area contributed by atoms with Crippen molar-refractivity contribution in [1.82, 2.24) is 9.97 Å². The predicted octanol–water partition coefficient (Wildman–Crippen LogP) is 2.66. The maximum atomic E-state index is 12.8. The summed E-state index contributed by atoms with van der Waals surface area (Å²) in [5.41, 5.74) is 1.53. The maximum absolute atomic E-state index is 12.8. The molecule has 1 atom stereocenters. The molecule has 1 saturated heterocycles. The van der Waals surface area contributed by atoms with Gasteiger partial charge in [0, 0.05) is 31.0 Å². The SMILES string of the molecule is COc1ccc(OC)c(NC(=O)[C@H]2CCCN(c3nccc(C)n3)C2)c1.